The van der Waals surface area contributed by atoms with Gasteiger partial charge < -0.3 is 0 Å². The number of hydrogen-bond acceptors (Lipinski definition) is 2. The predicted molar refractivity (Wildman–Crippen MR) is 65.3 cm³/mol. The molecule has 2 aliphatic carbocycles. The minimum Gasteiger partial charge on any atom is -0.299 e. The summed E-state index contributed by atoms with van der Waals surface area (Å²) >= 11 is 0. The van der Waals surface area contributed by atoms with Crippen LogP contribution in [0.15, 0.2) is 36.4 Å². The van der Waals surface area contributed by atoms with Crippen molar-refractivity contribution in [3.8, 4) is 0 Å². The minimum absolute atomic E-state index is 0.106. The van der Waals surface area contributed by atoms with Crippen LogP contribution in [0.3, 0.4) is 0 Å². The topological polar surface area (TPSA) is 34.1 Å². The normalized spacial score (nSPS) is 31.6. The van der Waals surface area contributed by atoms with Crippen molar-refractivity contribution in [2.24, 2.45) is 11.3 Å². The van der Waals surface area contributed by atoms with E-state index < -0.39 is 5.41 Å². The van der Waals surface area contributed by atoms with E-state index in [1.807, 2.05) is 30.3 Å². The molecule has 0 spiro atoms. The monoisotopic (exact) mass is 226 g/mol. The maximum atomic E-state index is 12.2. The average molecular weight is 226 g/mol. The third kappa shape index (κ3) is 1.33. The van der Waals surface area contributed by atoms with E-state index in [4.69, 9.17) is 0 Å². The van der Waals surface area contributed by atoms with E-state index in [1.54, 1.807) is 6.92 Å². The van der Waals surface area contributed by atoms with Crippen molar-refractivity contribution in [2.75, 3.05) is 0 Å². The lowest BCUT2D eigenvalue weighted by atomic mass is 9.75. The molecule has 1 saturated carbocycles. The third-order valence-corrected chi connectivity index (χ3v) is 4.08. The van der Waals surface area contributed by atoms with Gasteiger partial charge in [0.05, 0.1) is 11.3 Å². The lowest BCUT2D eigenvalue weighted by Gasteiger charge is -2.25. The number of rotatable bonds is 1. The Hall–Kier alpha value is -1.70. The fourth-order valence-corrected chi connectivity index (χ4v) is 2.90. The molecule has 0 unspecified atom stereocenters. The predicted octanol–water partition coefficient (Wildman–Crippen LogP) is 2.64. The van der Waals surface area contributed by atoms with Gasteiger partial charge in [0, 0.05) is 6.42 Å². The number of hydrogen-bond donors (Lipinski definition) is 0. The summed E-state index contributed by atoms with van der Waals surface area (Å²) in [6, 6.07) is 9.89. The first-order valence-corrected chi connectivity index (χ1v) is 5.96. The second kappa shape index (κ2) is 3.39. The Morgan fingerprint density at radius 1 is 1.18 bits per heavy atom. The van der Waals surface area contributed by atoms with Gasteiger partial charge in [0.2, 0.25) is 0 Å². The number of carbonyl (C=O) groups excluding carboxylic acids is 2. The molecule has 1 aromatic carbocycles. The maximum Gasteiger partial charge on any atom is 0.154 e. The molecule has 17 heavy (non-hydrogen) atoms. The molecule has 0 saturated heterocycles. The number of Topliss-reactive ketones (excluding diaryl/α,β-unsaturated/α-hetero) is 2. The molecule has 86 valence electrons. The molecule has 2 heteroatoms. The third-order valence-electron chi connectivity index (χ3n) is 4.08. The van der Waals surface area contributed by atoms with Crippen molar-refractivity contribution in [3.63, 3.8) is 0 Å². The fourth-order valence-electron chi connectivity index (χ4n) is 2.90. The smallest absolute Gasteiger partial charge is 0.154 e. The van der Waals surface area contributed by atoms with Crippen molar-refractivity contribution in [1.29, 1.82) is 0 Å². The zero-order valence-corrected chi connectivity index (χ0v) is 9.77. The van der Waals surface area contributed by atoms with E-state index in [0.717, 1.165) is 11.1 Å². The highest BCUT2D eigenvalue weighted by atomic mass is 16.2. The molecule has 0 aliphatic heterocycles. The first-order valence-electron chi connectivity index (χ1n) is 5.96. The largest absolute Gasteiger partial charge is 0.299 e. The SMILES string of the molecule is C[C@@]12CC=C(c3ccccc3)[C@@H](CC1=O)C2=O. The van der Waals surface area contributed by atoms with Crippen LogP contribution in [0.5, 0.6) is 0 Å². The Labute approximate surface area is 100 Å². The first-order chi connectivity index (χ1) is 8.13. The van der Waals surface area contributed by atoms with Crippen LogP contribution in [0.25, 0.3) is 5.57 Å². The van der Waals surface area contributed by atoms with Crippen molar-refractivity contribution >= 4 is 17.1 Å². The van der Waals surface area contributed by atoms with Crippen LogP contribution in [0.2, 0.25) is 0 Å². The molecule has 0 amide bonds. The molecule has 0 radical (unpaired) electrons. The van der Waals surface area contributed by atoms with E-state index in [1.165, 1.54) is 0 Å². The van der Waals surface area contributed by atoms with Crippen molar-refractivity contribution in [3.05, 3.63) is 42.0 Å². The highest BCUT2D eigenvalue weighted by molar-refractivity contribution is 6.19. The molecule has 0 heterocycles. The number of carbonyl (C=O) groups is 2. The zero-order chi connectivity index (χ0) is 12.0. The van der Waals surface area contributed by atoms with Crippen LogP contribution in [-0.4, -0.2) is 11.6 Å². The second-order valence-corrected chi connectivity index (χ2v) is 5.11. The number of benzene rings is 1. The lowest BCUT2D eigenvalue weighted by Crippen LogP contribution is -2.32. The molecule has 0 N–H and O–H groups in total. The molecule has 3 rings (SSSR count). The van der Waals surface area contributed by atoms with Gasteiger partial charge in [0.15, 0.2) is 5.78 Å². The Bertz CT molecular complexity index is 527. The average Bonchev–Trinajstić information content (AvgIpc) is 2.50. The van der Waals surface area contributed by atoms with Gasteiger partial charge >= 0.3 is 0 Å². The van der Waals surface area contributed by atoms with Crippen LogP contribution in [0.4, 0.5) is 0 Å². The standard InChI is InChI=1S/C15H14O2/c1-15-8-7-11(10-5-3-2-4-6-10)12(14(15)17)9-13(15)16/h2-7,12H,8-9H2,1H3/t12-,15-/m1/s1. The minimum atomic E-state index is -0.733. The van der Waals surface area contributed by atoms with Crippen LogP contribution in [0.1, 0.15) is 25.3 Å². The van der Waals surface area contributed by atoms with E-state index in [2.05, 4.69) is 6.08 Å². The van der Waals surface area contributed by atoms with Crippen LogP contribution in [-0.2, 0) is 9.59 Å². The lowest BCUT2D eigenvalue weighted by molar-refractivity contribution is -0.134. The van der Waals surface area contributed by atoms with E-state index in [0.29, 0.717) is 12.8 Å². The van der Waals surface area contributed by atoms with Crippen molar-refractivity contribution < 1.29 is 9.59 Å². The van der Waals surface area contributed by atoms with Crippen molar-refractivity contribution in [2.45, 2.75) is 19.8 Å². The van der Waals surface area contributed by atoms with Gasteiger partial charge in [0.25, 0.3) is 0 Å². The van der Waals surface area contributed by atoms with Crippen LogP contribution in [0, 0.1) is 11.3 Å². The molecule has 1 fully saturated rings. The summed E-state index contributed by atoms with van der Waals surface area (Å²) in [6.45, 7) is 1.79. The van der Waals surface area contributed by atoms with Gasteiger partial charge in [-0.15, -0.1) is 0 Å². The number of allylic oxidation sites excluding steroid dienone is 2. The Morgan fingerprint density at radius 2 is 1.88 bits per heavy atom. The number of ketones is 2. The summed E-state index contributed by atoms with van der Waals surface area (Å²) in [4.78, 5) is 24.2. The molecule has 2 bridgehead atoms. The summed E-state index contributed by atoms with van der Waals surface area (Å²) in [5.41, 5.74) is 1.38. The summed E-state index contributed by atoms with van der Waals surface area (Å²) in [5, 5.41) is 0. The first kappa shape index (κ1) is 10.5. The van der Waals surface area contributed by atoms with E-state index in [9.17, 15) is 9.59 Å². The van der Waals surface area contributed by atoms with Crippen LogP contribution < -0.4 is 0 Å². The Morgan fingerprint density at radius 3 is 2.59 bits per heavy atom. The second-order valence-electron chi connectivity index (χ2n) is 5.11. The molecule has 2 atom stereocenters. The Kier molecular flexibility index (Phi) is 2.09. The van der Waals surface area contributed by atoms with Gasteiger partial charge in [-0.25, -0.2) is 0 Å². The highest BCUT2D eigenvalue weighted by Crippen LogP contribution is 2.48. The maximum absolute atomic E-state index is 12.2. The van der Waals surface area contributed by atoms with Crippen LogP contribution >= 0.6 is 0 Å². The van der Waals surface area contributed by atoms with Crippen molar-refractivity contribution in [1.82, 2.24) is 0 Å². The molecule has 2 nitrogen and oxygen atoms in total. The number of fused-ring (bicyclic) bond motifs is 2. The van der Waals surface area contributed by atoms with Gasteiger partial charge in [-0.1, -0.05) is 36.4 Å². The summed E-state index contributed by atoms with van der Waals surface area (Å²) in [5.74, 6) is 0.0159. The molecule has 1 aromatic rings. The van der Waals surface area contributed by atoms with Gasteiger partial charge in [-0.3, -0.25) is 9.59 Å². The van der Waals surface area contributed by atoms with Gasteiger partial charge in [-0.2, -0.15) is 0 Å². The van der Waals surface area contributed by atoms with Gasteiger partial charge in [0.1, 0.15) is 5.78 Å². The summed E-state index contributed by atoms with van der Waals surface area (Å²) in [6.07, 6.45) is 3.02. The highest BCUT2D eigenvalue weighted by Gasteiger charge is 2.53. The van der Waals surface area contributed by atoms with E-state index >= 15 is 0 Å². The quantitative estimate of drug-likeness (QED) is 0.690. The molecule has 2 aliphatic rings. The summed E-state index contributed by atoms with van der Waals surface area (Å²) in [7, 11) is 0. The molecular weight excluding hydrogens is 212 g/mol. The summed E-state index contributed by atoms with van der Waals surface area (Å²) < 4.78 is 0. The van der Waals surface area contributed by atoms with Gasteiger partial charge in [-0.05, 0) is 24.5 Å². The molecule has 0 aromatic heterocycles. The Balaban J connectivity index is 2.07. The molecular formula is C15H14O2. The van der Waals surface area contributed by atoms with E-state index in [-0.39, 0.29) is 17.5 Å². The fraction of sp³-hybridized carbons (Fsp3) is 0.333. The zero-order valence-electron chi connectivity index (χ0n) is 9.77.